The third-order valence-electron chi connectivity index (χ3n) is 3.50. The number of benzene rings is 2. The molecule has 1 heterocycles. The van der Waals surface area contributed by atoms with Crippen molar-refractivity contribution in [3.63, 3.8) is 0 Å². The van der Waals surface area contributed by atoms with Crippen LogP contribution < -0.4 is 10.6 Å². The summed E-state index contributed by atoms with van der Waals surface area (Å²) in [6.07, 6.45) is -2.14. The largest absolute Gasteiger partial charge is 0.418 e. The summed E-state index contributed by atoms with van der Waals surface area (Å²) in [5, 5.41) is 5.73. The van der Waals surface area contributed by atoms with E-state index in [9.17, 15) is 18.0 Å². The molecule has 1 amide bonds. The zero-order valence-corrected chi connectivity index (χ0v) is 14.3. The van der Waals surface area contributed by atoms with Gasteiger partial charge in [-0.25, -0.2) is 9.97 Å². The molecule has 0 atom stereocenters. The van der Waals surface area contributed by atoms with Gasteiger partial charge in [-0.1, -0.05) is 23.7 Å². The van der Waals surface area contributed by atoms with Gasteiger partial charge in [0.1, 0.15) is 0 Å². The number of nitrogens with one attached hydrogen (secondary N) is 2. The van der Waals surface area contributed by atoms with Crippen LogP contribution in [0.25, 0.3) is 0 Å². The van der Waals surface area contributed by atoms with Crippen molar-refractivity contribution < 1.29 is 18.0 Å². The van der Waals surface area contributed by atoms with Crippen LogP contribution in [0.15, 0.2) is 60.9 Å². The highest BCUT2D eigenvalue weighted by Gasteiger charge is 2.33. The maximum atomic E-state index is 13.0. The zero-order valence-electron chi connectivity index (χ0n) is 13.6. The molecule has 0 saturated carbocycles. The molecule has 0 unspecified atom stereocenters. The van der Waals surface area contributed by atoms with Crippen LogP contribution in [0.1, 0.15) is 15.9 Å². The van der Waals surface area contributed by atoms with E-state index in [-0.39, 0.29) is 17.2 Å². The average Bonchev–Trinajstić information content (AvgIpc) is 2.64. The lowest BCUT2D eigenvalue weighted by atomic mass is 10.1. The van der Waals surface area contributed by atoms with Gasteiger partial charge in [0.05, 0.1) is 16.8 Å². The van der Waals surface area contributed by atoms with Gasteiger partial charge >= 0.3 is 6.18 Å². The van der Waals surface area contributed by atoms with Crippen molar-refractivity contribution in [2.45, 2.75) is 6.18 Å². The van der Waals surface area contributed by atoms with Crippen molar-refractivity contribution in [2.24, 2.45) is 0 Å². The minimum Gasteiger partial charge on any atom is -0.324 e. The number of alkyl halides is 3. The highest BCUT2D eigenvalue weighted by Crippen LogP contribution is 2.34. The molecule has 3 aromatic rings. The Hall–Kier alpha value is -3.13. The summed E-state index contributed by atoms with van der Waals surface area (Å²) in [6, 6.07) is 11.5. The first-order valence-electron chi connectivity index (χ1n) is 7.65. The summed E-state index contributed by atoms with van der Waals surface area (Å²) >= 11 is 5.80. The summed E-state index contributed by atoms with van der Waals surface area (Å²) < 4.78 is 39.0. The van der Waals surface area contributed by atoms with E-state index < -0.39 is 17.6 Å². The number of amides is 1. The monoisotopic (exact) mass is 392 g/mol. The molecule has 2 N–H and O–H groups in total. The zero-order chi connectivity index (χ0) is 19.4. The Morgan fingerprint density at radius 2 is 1.59 bits per heavy atom. The molecule has 0 bridgehead atoms. The second kappa shape index (κ2) is 7.63. The lowest BCUT2D eigenvalue weighted by molar-refractivity contribution is -0.136. The van der Waals surface area contributed by atoms with Gasteiger partial charge in [0.15, 0.2) is 0 Å². The first kappa shape index (κ1) is 18.7. The van der Waals surface area contributed by atoms with Gasteiger partial charge in [0.25, 0.3) is 5.91 Å². The van der Waals surface area contributed by atoms with E-state index >= 15 is 0 Å². The van der Waals surface area contributed by atoms with Crippen molar-refractivity contribution in [1.82, 2.24) is 9.97 Å². The molecule has 0 spiro atoms. The van der Waals surface area contributed by atoms with Crippen LogP contribution in [0.2, 0.25) is 5.02 Å². The maximum absolute atomic E-state index is 13.0. The predicted molar refractivity (Wildman–Crippen MR) is 96.2 cm³/mol. The van der Waals surface area contributed by atoms with Crippen molar-refractivity contribution in [3.8, 4) is 0 Å². The van der Waals surface area contributed by atoms with Crippen molar-refractivity contribution in [1.29, 1.82) is 0 Å². The lowest BCUT2D eigenvalue weighted by Gasteiger charge is -2.13. The molecule has 0 saturated heterocycles. The van der Waals surface area contributed by atoms with Gasteiger partial charge in [0.2, 0.25) is 5.95 Å². The summed E-state index contributed by atoms with van der Waals surface area (Å²) in [5.74, 6) is -0.519. The Morgan fingerprint density at radius 1 is 0.963 bits per heavy atom. The van der Waals surface area contributed by atoms with Gasteiger partial charge < -0.3 is 10.6 Å². The maximum Gasteiger partial charge on any atom is 0.418 e. The smallest absolute Gasteiger partial charge is 0.324 e. The summed E-state index contributed by atoms with van der Waals surface area (Å²) in [6.45, 7) is 0. The van der Waals surface area contributed by atoms with Crippen LogP contribution in [-0.2, 0) is 6.18 Å². The number of hydrogen-bond acceptors (Lipinski definition) is 4. The molecule has 138 valence electrons. The topological polar surface area (TPSA) is 66.9 Å². The molecule has 2 aromatic carbocycles. The molecule has 0 aliphatic heterocycles. The van der Waals surface area contributed by atoms with E-state index in [1.807, 2.05) is 0 Å². The Bertz CT molecular complexity index is 944. The van der Waals surface area contributed by atoms with Crippen molar-refractivity contribution >= 4 is 34.8 Å². The molecular formula is C18H12ClF3N4O. The second-order valence-electron chi connectivity index (χ2n) is 5.42. The predicted octanol–water partition coefficient (Wildman–Crippen LogP) is 5.14. The van der Waals surface area contributed by atoms with Gasteiger partial charge in [-0.05, 0) is 36.4 Å². The van der Waals surface area contributed by atoms with Crippen LogP contribution in [-0.4, -0.2) is 15.9 Å². The number of carbonyl (C=O) groups excluding carboxylic acids is 1. The van der Waals surface area contributed by atoms with E-state index in [0.29, 0.717) is 10.7 Å². The first-order chi connectivity index (χ1) is 12.8. The van der Waals surface area contributed by atoms with Gasteiger partial charge in [-0.3, -0.25) is 4.79 Å². The summed E-state index contributed by atoms with van der Waals surface area (Å²) in [4.78, 5) is 20.2. The molecule has 3 rings (SSSR count). The van der Waals surface area contributed by atoms with E-state index in [2.05, 4.69) is 20.6 Å². The SMILES string of the molecule is O=C(Nc1ccccc1C(F)(F)F)c1cnc(Nc2ccc(Cl)cc2)nc1. The number of aromatic nitrogens is 2. The Morgan fingerprint density at radius 3 is 2.22 bits per heavy atom. The third kappa shape index (κ3) is 4.73. The first-order valence-corrected chi connectivity index (χ1v) is 8.03. The fourth-order valence-electron chi connectivity index (χ4n) is 2.21. The number of hydrogen-bond donors (Lipinski definition) is 2. The van der Waals surface area contributed by atoms with Gasteiger partial charge in [0, 0.05) is 23.1 Å². The minimum atomic E-state index is -4.58. The molecule has 27 heavy (non-hydrogen) atoms. The van der Waals surface area contributed by atoms with Crippen LogP contribution in [0, 0.1) is 0 Å². The van der Waals surface area contributed by atoms with Crippen molar-refractivity contribution in [2.75, 3.05) is 10.6 Å². The Balaban J connectivity index is 1.72. The van der Waals surface area contributed by atoms with E-state index in [0.717, 1.165) is 6.07 Å². The molecule has 9 heteroatoms. The Kier molecular flexibility index (Phi) is 5.27. The molecule has 0 fully saturated rings. The highest BCUT2D eigenvalue weighted by molar-refractivity contribution is 6.30. The lowest BCUT2D eigenvalue weighted by Crippen LogP contribution is -2.17. The van der Waals surface area contributed by atoms with Crippen LogP contribution in [0.3, 0.4) is 0 Å². The van der Waals surface area contributed by atoms with Crippen LogP contribution in [0.5, 0.6) is 0 Å². The fraction of sp³-hybridized carbons (Fsp3) is 0.0556. The van der Waals surface area contributed by atoms with Crippen LogP contribution in [0.4, 0.5) is 30.5 Å². The molecule has 1 aromatic heterocycles. The molecule has 0 aliphatic carbocycles. The Labute approximate surface area is 157 Å². The summed E-state index contributed by atoms with van der Waals surface area (Å²) in [7, 11) is 0. The highest BCUT2D eigenvalue weighted by atomic mass is 35.5. The molecule has 0 aliphatic rings. The van der Waals surface area contributed by atoms with E-state index in [1.54, 1.807) is 24.3 Å². The normalized spacial score (nSPS) is 11.1. The quantitative estimate of drug-likeness (QED) is 0.644. The number of anilines is 3. The number of halogens is 4. The molecule has 0 radical (unpaired) electrons. The number of nitrogens with zero attached hydrogens (tertiary/aromatic N) is 2. The van der Waals surface area contributed by atoms with E-state index in [4.69, 9.17) is 11.6 Å². The molecular weight excluding hydrogens is 381 g/mol. The second-order valence-corrected chi connectivity index (χ2v) is 5.86. The fourth-order valence-corrected chi connectivity index (χ4v) is 2.33. The third-order valence-corrected chi connectivity index (χ3v) is 3.75. The standard InChI is InChI=1S/C18H12ClF3N4O/c19-12-5-7-13(8-6-12)25-17-23-9-11(10-24-17)16(27)26-15-4-2-1-3-14(15)18(20,21)22/h1-10H,(H,26,27)(H,23,24,25). The molecule has 5 nitrogen and oxygen atoms in total. The van der Waals surface area contributed by atoms with Gasteiger partial charge in [-0.15, -0.1) is 0 Å². The average molecular weight is 393 g/mol. The van der Waals surface area contributed by atoms with Gasteiger partial charge in [-0.2, -0.15) is 13.2 Å². The van der Waals surface area contributed by atoms with E-state index in [1.165, 1.54) is 30.6 Å². The van der Waals surface area contributed by atoms with Crippen molar-refractivity contribution in [3.05, 3.63) is 77.1 Å². The number of para-hydroxylation sites is 1. The summed E-state index contributed by atoms with van der Waals surface area (Å²) in [5.41, 5.74) is -0.553. The van der Waals surface area contributed by atoms with Crippen LogP contribution >= 0.6 is 11.6 Å². The number of carbonyl (C=O) groups is 1. The minimum absolute atomic E-state index is 0.0219. The number of rotatable bonds is 4.